The molecule has 0 spiro atoms. The number of aromatic nitrogens is 4. The molecule has 2 aromatic rings. The highest BCUT2D eigenvalue weighted by Gasteiger charge is 2.27. The smallest absolute Gasteiger partial charge is 0.252 e. The van der Waals surface area contributed by atoms with Crippen LogP contribution in [0.5, 0.6) is 0 Å². The Bertz CT molecular complexity index is 839. The standard InChI is InChI=1S/C22H34N6O/c1-16-20(17(2)28-22(25-16)23-15-24-28)11-12-21(29)26-18-8-7-13-27(14-18)19-9-5-3-4-6-10-19/h15,18-19H,3-14H2,1-2H3,(H,26,29). The first-order chi connectivity index (χ1) is 14.1. The average molecular weight is 399 g/mol. The summed E-state index contributed by atoms with van der Waals surface area (Å²) >= 11 is 0. The molecule has 1 amide bonds. The Morgan fingerprint density at radius 2 is 1.93 bits per heavy atom. The Hall–Kier alpha value is -2.02. The minimum absolute atomic E-state index is 0.148. The zero-order valence-electron chi connectivity index (χ0n) is 17.9. The summed E-state index contributed by atoms with van der Waals surface area (Å²) in [6.45, 7) is 6.22. The van der Waals surface area contributed by atoms with E-state index in [-0.39, 0.29) is 11.9 Å². The Kier molecular flexibility index (Phi) is 6.43. The molecule has 1 N–H and O–H groups in total. The highest BCUT2D eigenvalue weighted by atomic mass is 16.1. The van der Waals surface area contributed by atoms with E-state index in [1.807, 2.05) is 13.8 Å². The summed E-state index contributed by atoms with van der Waals surface area (Å²) in [7, 11) is 0. The fourth-order valence-corrected chi connectivity index (χ4v) is 5.13. The molecule has 7 heteroatoms. The number of aryl methyl sites for hydroxylation is 2. The molecule has 1 saturated carbocycles. The minimum atomic E-state index is 0.148. The summed E-state index contributed by atoms with van der Waals surface area (Å²) in [5.41, 5.74) is 3.06. The van der Waals surface area contributed by atoms with Crippen molar-refractivity contribution in [2.75, 3.05) is 13.1 Å². The van der Waals surface area contributed by atoms with E-state index < -0.39 is 0 Å². The number of fused-ring (bicyclic) bond motifs is 1. The number of hydrogen-bond acceptors (Lipinski definition) is 5. The molecule has 2 aromatic heterocycles. The first kappa shape index (κ1) is 20.3. The molecule has 29 heavy (non-hydrogen) atoms. The third kappa shape index (κ3) is 4.77. The van der Waals surface area contributed by atoms with Crippen molar-refractivity contribution in [2.45, 2.75) is 90.1 Å². The summed E-state index contributed by atoms with van der Waals surface area (Å²) in [5, 5.41) is 7.55. The fraction of sp³-hybridized carbons (Fsp3) is 0.727. The summed E-state index contributed by atoms with van der Waals surface area (Å²) in [4.78, 5) is 24.0. The molecule has 1 atom stereocenters. The van der Waals surface area contributed by atoms with Gasteiger partial charge in [0.2, 0.25) is 5.91 Å². The summed E-state index contributed by atoms with van der Waals surface area (Å²) in [5.74, 6) is 0.768. The van der Waals surface area contributed by atoms with Crippen LogP contribution in [0.4, 0.5) is 0 Å². The van der Waals surface area contributed by atoms with Gasteiger partial charge >= 0.3 is 0 Å². The van der Waals surface area contributed by atoms with Gasteiger partial charge in [-0.25, -0.2) is 9.50 Å². The van der Waals surface area contributed by atoms with Crippen LogP contribution in [-0.4, -0.2) is 55.6 Å². The van der Waals surface area contributed by atoms with Crippen LogP contribution in [0.15, 0.2) is 6.33 Å². The number of likely N-dealkylation sites (tertiary alicyclic amines) is 1. The molecule has 1 saturated heterocycles. The van der Waals surface area contributed by atoms with Crippen molar-refractivity contribution in [3.8, 4) is 0 Å². The van der Waals surface area contributed by atoms with Crippen LogP contribution >= 0.6 is 0 Å². The highest BCUT2D eigenvalue weighted by Crippen LogP contribution is 2.25. The summed E-state index contributed by atoms with van der Waals surface area (Å²) in [6, 6.07) is 1.01. The molecule has 3 heterocycles. The van der Waals surface area contributed by atoms with Gasteiger partial charge in [-0.05, 0) is 58.1 Å². The number of carbonyl (C=O) groups is 1. The van der Waals surface area contributed by atoms with Gasteiger partial charge in [0.1, 0.15) is 6.33 Å². The van der Waals surface area contributed by atoms with Crippen molar-refractivity contribution in [1.82, 2.24) is 29.8 Å². The lowest BCUT2D eigenvalue weighted by atomic mass is 9.99. The molecule has 7 nitrogen and oxygen atoms in total. The number of piperidine rings is 1. The lowest BCUT2D eigenvalue weighted by Crippen LogP contribution is -2.51. The first-order valence-corrected chi connectivity index (χ1v) is 11.3. The van der Waals surface area contributed by atoms with E-state index in [0.29, 0.717) is 18.6 Å². The maximum atomic E-state index is 12.7. The number of rotatable bonds is 5. The first-order valence-electron chi connectivity index (χ1n) is 11.3. The average Bonchev–Trinajstić information content (AvgIpc) is 3.00. The maximum Gasteiger partial charge on any atom is 0.252 e. The van der Waals surface area contributed by atoms with Crippen LogP contribution in [0.2, 0.25) is 0 Å². The Labute approximate surface area is 173 Å². The molecular weight excluding hydrogens is 364 g/mol. The van der Waals surface area contributed by atoms with Gasteiger partial charge in [0.15, 0.2) is 0 Å². The summed E-state index contributed by atoms with van der Waals surface area (Å²) in [6.07, 6.45) is 13.1. The lowest BCUT2D eigenvalue weighted by Gasteiger charge is -2.38. The molecule has 0 aromatic carbocycles. The van der Waals surface area contributed by atoms with E-state index in [2.05, 4.69) is 25.3 Å². The van der Waals surface area contributed by atoms with Crippen LogP contribution < -0.4 is 5.32 Å². The van der Waals surface area contributed by atoms with E-state index in [1.54, 1.807) is 4.52 Å². The molecule has 2 fully saturated rings. The zero-order valence-corrected chi connectivity index (χ0v) is 17.9. The summed E-state index contributed by atoms with van der Waals surface area (Å²) < 4.78 is 1.76. The predicted molar refractivity (Wildman–Crippen MR) is 113 cm³/mol. The van der Waals surface area contributed by atoms with Gasteiger partial charge in [0.25, 0.3) is 5.78 Å². The number of nitrogens with zero attached hydrogens (tertiary/aromatic N) is 5. The Morgan fingerprint density at radius 1 is 1.14 bits per heavy atom. The van der Waals surface area contributed by atoms with Crippen LogP contribution in [0.1, 0.15) is 74.7 Å². The fourth-order valence-electron chi connectivity index (χ4n) is 5.13. The van der Waals surface area contributed by atoms with E-state index in [9.17, 15) is 4.79 Å². The second-order valence-electron chi connectivity index (χ2n) is 8.78. The van der Waals surface area contributed by atoms with Gasteiger partial charge in [-0.2, -0.15) is 10.1 Å². The molecule has 0 bridgehead atoms. The molecular formula is C22H34N6O. The molecule has 158 valence electrons. The van der Waals surface area contributed by atoms with E-state index >= 15 is 0 Å². The third-order valence-corrected chi connectivity index (χ3v) is 6.75. The topological polar surface area (TPSA) is 75.4 Å². The SMILES string of the molecule is Cc1nc2ncnn2c(C)c1CCC(=O)NC1CCCN(C2CCCCCC2)C1. The van der Waals surface area contributed by atoms with Gasteiger partial charge in [0, 0.05) is 36.4 Å². The normalized spacial score (nSPS) is 21.9. The van der Waals surface area contributed by atoms with Crippen LogP contribution in [0, 0.1) is 13.8 Å². The van der Waals surface area contributed by atoms with E-state index in [4.69, 9.17) is 0 Å². The molecule has 0 radical (unpaired) electrons. The number of nitrogens with one attached hydrogen (secondary N) is 1. The van der Waals surface area contributed by atoms with Gasteiger partial charge < -0.3 is 5.32 Å². The number of hydrogen-bond donors (Lipinski definition) is 1. The van der Waals surface area contributed by atoms with Crippen LogP contribution in [0.25, 0.3) is 5.78 Å². The predicted octanol–water partition coefficient (Wildman–Crippen LogP) is 2.98. The van der Waals surface area contributed by atoms with Crippen molar-refractivity contribution in [3.05, 3.63) is 23.3 Å². The van der Waals surface area contributed by atoms with Crippen molar-refractivity contribution in [1.29, 1.82) is 0 Å². The quantitative estimate of drug-likeness (QED) is 0.784. The zero-order chi connectivity index (χ0) is 20.2. The molecule has 1 unspecified atom stereocenters. The largest absolute Gasteiger partial charge is 0.352 e. The van der Waals surface area contributed by atoms with Gasteiger partial charge in [-0.15, -0.1) is 0 Å². The lowest BCUT2D eigenvalue weighted by molar-refractivity contribution is -0.122. The van der Waals surface area contributed by atoms with Crippen molar-refractivity contribution in [3.63, 3.8) is 0 Å². The van der Waals surface area contributed by atoms with Gasteiger partial charge in [-0.1, -0.05) is 25.7 Å². The van der Waals surface area contributed by atoms with Crippen molar-refractivity contribution < 1.29 is 4.79 Å². The molecule has 4 rings (SSSR count). The minimum Gasteiger partial charge on any atom is -0.352 e. The van der Waals surface area contributed by atoms with E-state index in [1.165, 1.54) is 57.8 Å². The van der Waals surface area contributed by atoms with Crippen molar-refractivity contribution in [2.24, 2.45) is 0 Å². The van der Waals surface area contributed by atoms with Crippen molar-refractivity contribution >= 4 is 11.7 Å². The third-order valence-electron chi connectivity index (χ3n) is 6.75. The van der Waals surface area contributed by atoms with Gasteiger partial charge in [-0.3, -0.25) is 9.69 Å². The van der Waals surface area contributed by atoms with Crippen LogP contribution in [-0.2, 0) is 11.2 Å². The van der Waals surface area contributed by atoms with Gasteiger partial charge in [0.05, 0.1) is 0 Å². The number of amides is 1. The van der Waals surface area contributed by atoms with Crippen LogP contribution in [0.3, 0.4) is 0 Å². The van der Waals surface area contributed by atoms with E-state index in [0.717, 1.165) is 36.0 Å². The highest BCUT2D eigenvalue weighted by molar-refractivity contribution is 5.76. The second-order valence-corrected chi connectivity index (χ2v) is 8.78. The second kappa shape index (κ2) is 9.20. The molecule has 2 aliphatic rings. The Morgan fingerprint density at radius 3 is 2.72 bits per heavy atom. The molecule has 1 aliphatic carbocycles. The maximum absolute atomic E-state index is 12.7. The number of carbonyl (C=O) groups excluding carboxylic acids is 1. The Balaban J connectivity index is 1.31. The molecule has 1 aliphatic heterocycles. The monoisotopic (exact) mass is 398 g/mol.